The van der Waals surface area contributed by atoms with E-state index >= 15 is 0 Å². The zero-order valence-corrected chi connectivity index (χ0v) is 11.2. The molecule has 0 unspecified atom stereocenters. The van der Waals surface area contributed by atoms with Crippen molar-refractivity contribution in [1.29, 1.82) is 0 Å². The average Bonchev–Trinajstić information content (AvgIpc) is 2.69. The van der Waals surface area contributed by atoms with Gasteiger partial charge in [-0.05, 0) is 37.0 Å². The highest BCUT2D eigenvalue weighted by molar-refractivity contribution is 9.10. The standard InChI is InChI=1S/C13H18BrNO/c1-2-9-7-10(14)8-11(12(9)16)13(15)5-3-4-6-13/h7-8,16H,2-6,15H2,1H3. The summed E-state index contributed by atoms with van der Waals surface area (Å²) in [6.07, 6.45) is 5.09. The van der Waals surface area contributed by atoms with Gasteiger partial charge in [0.05, 0.1) is 0 Å². The lowest BCUT2D eigenvalue weighted by Gasteiger charge is -2.26. The second-order valence-electron chi connectivity index (χ2n) is 4.68. The van der Waals surface area contributed by atoms with Gasteiger partial charge in [0.25, 0.3) is 0 Å². The molecule has 1 fully saturated rings. The van der Waals surface area contributed by atoms with Crippen LogP contribution in [0, 0.1) is 0 Å². The summed E-state index contributed by atoms with van der Waals surface area (Å²) in [5, 5.41) is 10.2. The number of aryl methyl sites for hydroxylation is 1. The second kappa shape index (κ2) is 4.38. The number of rotatable bonds is 2. The summed E-state index contributed by atoms with van der Waals surface area (Å²) in [7, 11) is 0. The molecule has 0 aromatic heterocycles. The lowest BCUT2D eigenvalue weighted by atomic mass is 9.87. The Labute approximate surface area is 105 Å². The van der Waals surface area contributed by atoms with Crippen molar-refractivity contribution in [2.24, 2.45) is 5.73 Å². The van der Waals surface area contributed by atoms with E-state index in [0.717, 1.165) is 47.7 Å². The first-order valence-corrected chi connectivity index (χ1v) is 6.67. The summed E-state index contributed by atoms with van der Waals surface area (Å²) in [6, 6.07) is 3.94. The minimum Gasteiger partial charge on any atom is -0.507 e. The van der Waals surface area contributed by atoms with Gasteiger partial charge in [-0.2, -0.15) is 0 Å². The first kappa shape index (κ1) is 11.9. The molecule has 1 aromatic rings. The molecular formula is C13H18BrNO. The average molecular weight is 284 g/mol. The molecule has 1 aliphatic carbocycles. The van der Waals surface area contributed by atoms with Crippen molar-refractivity contribution in [3.8, 4) is 5.75 Å². The van der Waals surface area contributed by atoms with Crippen LogP contribution in [0.15, 0.2) is 16.6 Å². The van der Waals surface area contributed by atoms with Crippen LogP contribution in [-0.4, -0.2) is 5.11 Å². The number of nitrogens with two attached hydrogens (primary N) is 1. The SMILES string of the molecule is CCc1cc(Br)cc(C2(N)CCCC2)c1O. The van der Waals surface area contributed by atoms with Crippen molar-refractivity contribution in [1.82, 2.24) is 0 Å². The topological polar surface area (TPSA) is 46.2 Å². The molecule has 0 amide bonds. The largest absolute Gasteiger partial charge is 0.507 e. The Bertz CT molecular complexity index is 397. The molecule has 0 spiro atoms. The summed E-state index contributed by atoms with van der Waals surface area (Å²) in [6.45, 7) is 2.04. The fourth-order valence-electron chi connectivity index (χ4n) is 2.58. The van der Waals surface area contributed by atoms with Gasteiger partial charge < -0.3 is 10.8 Å². The van der Waals surface area contributed by atoms with E-state index in [1.807, 2.05) is 19.1 Å². The Hall–Kier alpha value is -0.540. The van der Waals surface area contributed by atoms with Crippen LogP contribution >= 0.6 is 15.9 Å². The van der Waals surface area contributed by atoms with Gasteiger partial charge in [-0.3, -0.25) is 0 Å². The minimum atomic E-state index is -0.322. The monoisotopic (exact) mass is 283 g/mol. The Kier molecular flexibility index (Phi) is 3.27. The third-order valence-corrected chi connectivity index (χ3v) is 4.02. The molecule has 0 atom stereocenters. The predicted octanol–water partition coefficient (Wildman–Crippen LogP) is 3.45. The van der Waals surface area contributed by atoms with Crippen molar-refractivity contribution < 1.29 is 5.11 Å². The van der Waals surface area contributed by atoms with Crippen molar-refractivity contribution in [2.75, 3.05) is 0 Å². The smallest absolute Gasteiger partial charge is 0.123 e. The highest BCUT2D eigenvalue weighted by Crippen LogP contribution is 2.42. The van der Waals surface area contributed by atoms with Crippen LogP contribution in [0.25, 0.3) is 0 Å². The summed E-state index contributed by atoms with van der Waals surface area (Å²) in [4.78, 5) is 0. The van der Waals surface area contributed by atoms with Crippen LogP contribution in [0.3, 0.4) is 0 Å². The number of phenolic OH excluding ortho intramolecular Hbond substituents is 1. The molecule has 1 saturated carbocycles. The van der Waals surface area contributed by atoms with Gasteiger partial charge in [-0.15, -0.1) is 0 Å². The molecule has 2 rings (SSSR count). The van der Waals surface area contributed by atoms with E-state index in [9.17, 15) is 5.11 Å². The summed E-state index contributed by atoms with van der Waals surface area (Å²) >= 11 is 3.49. The van der Waals surface area contributed by atoms with E-state index in [1.54, 1.807) is 0 Å². The lowest BCUT2D eigenvalue weighted by Crippen LogP contribution is -2.33. The normalized spacial score (nSPS) is 18.9. The Morgan fingerprint density at radius 1 is 1.38 bits per heavy atom. The molecule has 1 aliphatic rings. The predicted molar refractivity (Wildman–Crippen MR) is 69.5 cm³/mol. The van der Waals surface area contributed by atoms with E-state index in [0.29, 0.717) is 5.75 Å². The quantitative estimate of drug-likeness (QED) is 0.873. The number of aromatic hydroxyl groups is 1. The third-order valence-electron chi connectivity index (χ3n) is 3.57. The fraction of sp³-hybridized carbons (Fsp3) is 0.538. The summed E-state index contributed by atoms with van der Waals surface area (Å²) in [5.41, 5.74) is 7.96. The van der Waals surface area contributed by atoms with E-state index in [1.165, 1.54) is 0 Å². The fourth-order valence-corrected chi connectivity index (χ4v) is 3.09. The lowest BCUT2D eigenvalue weighted by molar-refractivity contribution is 0.405. The Morgan fingerprint density at radius 2 is 2.00 bits per heavy atom. The van der Waals surface area contributed by atoms with Gasteiger partial charge in [-0.1, -0.05) is 35.7 Å². The first-order chi connectivity index (χ1) is 7.57. The maximum absolute atomic E-state index is 10.2. The van der Waals surface area contributed by atoms with Crippen LogP contribution < -0.4 is 5.73 Å². The molecule has 1 aromatic carbocycles. The maximum atomic E-state index is 10.2. The van der Waals surface area contributed by atoms with Gasteiger partial charge >= 0.3 is 0 Å². The van der Waals surface area contributed by atoms with Crippen LogP contribution in [0.5, 0.6) is 5.75 Å². The van der Waals surface area contributed by atoms with Crippen molar-refractivity contribution in [3.05, 3.63) is 27.7 Å². The van der Waals surface area contributed by atoms with E-state index < -0.39 is 0 Å². The number of halogens is 1. The molecule has 0 radical (unpaired) electrons. The molecular weight excluding hydrogens is 266 g/mol. The molecule has 88 valence electrons. The van der Waals surface area contributed by atoms with Gasteiger partial charge in [0.15, 0.2) is 0 Å². The molecule has 0 aliphatic heterocycles. The highest BCUT2D eigenvalue weighted by atomic mass is 79.9. The van der Waals surface area contributed by atoms with Crippen molar-refractivity contribution in [3.63, 3.8) is 0 Å². The molecule has 0 saturated heterocycles. The van der Waals surface area contributed by atoms with Gasteiger partial charge in [0.1, 0.15) is 5.75 Å². The van der Waals surface area contributed by atoms with Crippen molar-refractivity contribution in [2.45, 2.75) is 44.6 Å². The number of hydrogen-bond donors (Lipinski definition) is 2. The zero-order chi connectivity index (χ0) is 11.8. The van der Waals surface area contributed by atoms with Crippen LogP contribution in [0.2, 0.25) is 0 Å². The number of phenols is 1. The molecule has 3 heteroatoms. The molecule has 0 heterocycles. The van der Waals surface area contributed by atoms with E-state index in [-0.39, 0.29) is 5.54 Å². The van der Waals surface area contributed by atoms with Crippen LogP contribution in [-0.2, 0) is 12.0 Å². The van der Waals surface area contributed by atoms with Gasteiger partial charge in [0.2, 0.25) is 0 Å². The maximum Gasteiger partial charge on any atom is 0.123 e. The van der Waals surface area contributed by atoms with E-state index in [2.05, 4.69) is 15.9 Å². The highest BCUT2D eigenvalue weighted by Gasteiger charge is 2.34. The number of benzene rings is 1. The molecule has 0 bridgehead atoms. The Balaban J connectivity index is 2.51. The third kappa shape index (κ3) is 1.98. The van der Waals surface area contributed by atoms with Crippen LogP contribution in [0.1, 0.15) is 43.7 Å². The minimum absolute atomic E-state index is 0.322. The van der Waals surface area contributed by atoms with Crippen molar-refractivity contribution >= 4 is 15.9 Å². The van der Waals surface area contributed by atoms with Gasteiger partial charge in [-0.25, -0.2) is 0 Å². The molecule has 2 nitrogen and oxygen atoms in total. The number of hydrogen-bond acceptors (Lipinski definition) is 2. The van der Waals surface area contributed by atoms with Gasteiger partial charge in [0, 0.05) is 15.6 Å². The Morgan fingerprint density at radius 3 is 2.56 bits per heavy atom. The summed E-state index contributed by atoms with van der Waals surface area (Å²) < 4.78 is 1.01. The molecule has 16 heavy (non-hydrogen) atoms. The molecule has 3 N–H and O–H groups in total. The zero-order valence-electron chi connectivity index (χ0n) is 9.59. The first-order valence-electron chi connectivity index (χ1n) is 5.87. The summed E-state index contributed by atoms with van der Waals surface area (Å²) in [5.74, 6) is 0.398. The van der Waals surface area contributed by atoms with E-state index in [4.69, 9.17) is 5.73 Å². The second-order valence-corrected chi connectivity index (χ2v) is 5.59. The van der Waals surface area contributed by atoms with Crippen LogP contribution in [0.4, 0.5) is 0 Å².